The smallest absolute Gasteiger partial charge is 0.255 e. The van der Waals surface area contributed by atoms with E-state index in [1.54, 1.807) is 4.90 Å². The number of amides is 1. The molecule has 4 rings (SSSR count). The highest BCUT2D eigenvalue weighted by Crippen LogP contribution is 2.49. The van der Waals surface area contributed by atoms with Gasteiger partial charge in [-0.25, -0.2) is 0 Å². The molecule has 1 aliphatic carbocycles. The molecule has 20 heavy (non-hydrogen) atoms. The molecule has 2 fully saturated rings. The predicted octanol–water partition coefficient (Wildman–Crippen LogP) is 2.47. The fraction of sp³-hybridized carbons (Fsp3) is 0.562. The van der Waals surface area contributed by atoms with E-state index in [4.69, 9.17) is 11.6 Å². The summed E-state index contributed by atoms with van der Waals surface area (Å²) >= 11 is 6.32. The van der Waals surface area contributed by atoms with Crippen LogP contribution in [-0.2, 0) is 13.0 Å². The molecule has 3 aliphatic rings. The quantitative estimate of drug-likeness (QED) is 0.907. The SMILES string of the molecule is CN1Cc2cc(CC3CC4(CNC4)C3)cc(Cl)c2C1=O. The maximum Gasteiger partial charge on any atom is 0.255 e. The minimum Gasteiger partial charge on any atom is -0.337 e. The summed E-state index contributed by atoms with van der Waals surface area (Å²) in [5.41, 5.74) is 3.73. The van der Waals surface area contributed by atoms with E-state index in [1.165, 1.54) is 31.5 Å². The molecule has 0 radical (unpaired) electrons. The van der Waals surface area contributed by atoms with Crippen LogP contribution in [-0.4, -0.2) is 30.9 Å². The van der Waals surface area contributed by atoms with Gasteiger partial charge in [0.1, 0.15) is 0 Å². The summed E-state index contributed by atoms with van der Waals surface area (Å²) in [4.78, 5) is 13.7. The molecule has 1 amide bonds. The monoisotopic (exact) mass is 290 g/mol. The van der Waals surface area contributed by atoms with Gasteiger partial charge >= 0.3 is 0 Å². The normalized spacial score (nSPS) is 23.7. The van der Waals surface area contributed by atoms with Crippen LogP contribution in [0.25, 0.3) is 0 Å². The fourth-order valence-electron chi connectivity index (χ4n) is 4.14. The molecule has 0 unspecified atom stereocenters. The first-order chi connectivity index (χ1) is 9.56. The Labute approximate surface area is 124 Å². The minimum atomic E-state index is 0.0553. The van der Waals surface area contributed by atoms with E-state index in [0.29, 0.717) is 22.5 Å². The summed E-state index contributed by atoms with van der Waals surface area (Å²) < 4.78 is 0. The molecule has 1 spiro atoms. The molecule has 0 aromatic heterocycles. The lowest BCUT2D eigenvalue weighted by Gasteiger charge is -2.54. The zero-order valence-corrected chi connectivity index (χ0v) is 12.5. The van der Waals surface area contributed by atoms with Crippen molar-refractivity contribution >= 4 is 17.5 Å². The average molecular weight is 291 g/mol. The molecular weight excluding hydrogens is 272 g/mol. The highest BCUT2D eigenvalue weighted by molar-refractivity contribution is 6.34. The number of halogens is 1. The van der Waals surface area contributed by atoms with Gasteiger partial charge in [0.2, 0.25) is 0 Å². The predicted molar refractivity (Wildman–Crippen MR) is 79.0 cm³/mol. The third-order valence-electron chi connectivity index (χ3n) is 5.17. The molecule has 2 heterocycles. The van der Waals surface area contributed by atoms with E-state index in [0.717, 1.165) is 17.9 Å². The van der Waals surface area contributed by atoms with E-state index < -0.39 is 0 Å². The first-order valence-electron chi connectivity index (χ1n) is 7.34. The summed E-state index contributed by atoms with van der Waals surface area (Å²) in [5, 5.41) is 4.01. The first kappa shape index (κ1) is 12.7. The van der Waals surface area contributed by atoms with Crippen LogP contribution in [0.4, 0.5) is 0 Å². The summed E-state index contributed by atoms with van der Waals surface area (Å²) in [6, 6.07) is 4.19. The largest absolute Gasteiger partial charge is 0.337 e. The first-order valence-corrected chi connectivity index (χ1v) is 7.72. The number of hydrogen-bond acceptors (Lipinski definition) is 2. The Morgan fingerprint density at radius 2 is 2.15 bits per heavy atom. The van der Waals surface area contributed by atoms with Crippen LogP contribution in [0.3, 0.4) is 0 Å². The Hall–Kier alpha value is -1.06. The number of nitrogens with one attached hydrogen (secondary N) is 1. The molecule has 106 valence electrons. The lowest BCUT2D eigenvalue weighted by Crippen LogP contribution is -2.60. The van der Waals surface area contributed by atoms with Gasteiger partial charge in [0.15, 0.2) is 0 Å². The van der Waals surface area contributed by atoms with E-state index in [9.17, 15) is 4.79 Å². The third-order valence-corrected chi connectivity index (χ3v) is 5.47. The van der Waals surface area contributed by atoms with Gasteiger partial charge in [-0.2, -0.15) is 0 Å². The third kappa shape index (κ3) is 1.80. The number of benzene rings is 1. The van der Waals surface area contributed by atoms with Crippen molar-refractivity contribution in [1.82, 2.24) is 10.2 Å². The van der Waals surface area contributed by atoms with E-state index in [-0.39, 0.29) is 5.91 Å². The average Bonchev–Trinajstić information content (AvgIpc) is 2.57. The minimum absolute atomic E-state index is 0.0553. The van der Waals surface area contributed by atoms with E-state index in [1.807, 2.05) is 13.1 Å². The second-order valence-electron chi connectivity index (χ2n) is 6.85. The van der Waals surface area contributed by atoms with Crippen molar-refractivity contribution in [2.75, 3.05) is 20.1 Å². The van der Waals surface area contributed by atoms with Crippen LogP contribution in [0, 0.1) is 11.3 Å². The molecule has 1 aromatic rings. The van der Waals surface area contributed by atoms with E-state index >= 15 is 0 Å². The van der Waals surface area contributed by atoms with Gasteiger partial charge in [0, 0.05) is 26.7 Å². The molecule has 4 heteroatoms. The molecule has 3 nitrogen and oxygen atoms in total. The van der Waals surface area contributed by atoms with Gasteiger partial charge in [-0.05, 0) is 47.8 Å². The van der Waals surface area contributed by atoms with Crippen LogP contribution in [0.5, 0.6) is 0 Å². The van der Waals surface area contributed by atoms with Crippen molar-refractivity contribution in [2.24, 2.45) is 11.3 Å². The van der Waals surface area contributed by atoms with Gasteiger partial charge in [-0.1, -0.05) is 17.7 Å². The van der Waals surface area contributed by atoms with Crippen LogP contribution in [0.2, 0.25) is 5.02 Å². The highest BCUT2D eigenvalue weighted by Gasteiger charge is 2.47. The van der Waals surface area contributed by atoms with Crippen molar-refractivity contribution in [2.45, 2.75) is 25.8 Å². The van der Waals surface area contributed by atoms with Gasteiger partial charge in [-0.15, -0.1) is 0 Å². The number of rotatable bonds is 2. The molecular formula is C16H19ClN2O. The summed E-state index contributed by atoms with van der Waals surface area (Å²) in [6.45, 7) is 3.10. The Kier molecular flexibility index (Phi) is 2.67. The number of carbonyl (C=O) groups is 1. The lowest BCUT2D eigenvalue weighted by atomic mass is 9.57. The van der Waals surface area contributed by atoms with Crippen LogP contribution >= 0.6 is 11.6 Å². The zero-order valence-electron chi connectivity index (χ0n) is 11.7. The summed E-state index contributed by atoms with van der Waals surface area (Å²) in [5.74, 6) is 0.848. The molecule has 1 saturated heterocycles. The molecule has 0 bridgehead atoms. The van der Waals surface area contributed by atoms with Gasteiger partial charge in [0.05, 0.1) is 10.6 Å². The van der Waals surface area contributed by atoms with Gasteiger partial charge in [-0.3, -0.25) is 4.79 Å². The maximum atomic E-state index is 12.0. The Bertz CT molecular complexity index is 586. The molecule has 0 atom stereocenters. The van der Waals surface area contributed by atoms with Crippen LogP contribution in [0.1, 0.15) is 34.3 Å². The number of nitrogens with zero attached hydrogens (tertiary/aromatic N) is 1. The second kappa shape index (κ2) is 4.22. The van der Waals surface area contributed by atoms with Crippen molar-refractivity contribution in [3.05, 3.63) is 33.8 Å². The Morgan fingerprint density at radius 3 is 2.80 bits per heavy atom. The lowest BCUT2D eigenvalue weighted by molar-refractivity contribution is 0.000888. The zero-order chi connectivity index (χ0) is 13.9. The van der Waals surface area contributed by atoms with Crippen LogP contribution in [0.15, 0.2) is 12.1 Å². The van der Waals surface area contributed by atoms with Crippen molar-refractivity contribution in [3.8, 4) is 0 Å². The van der Waals surface area contributed by atoms with Crippen LogP contribution < -0.4 is 5.32 Å². The maximum absolute atomic E-state index is 12.0. The van der Waals surface area contributed by atoms with Crippen molar-refractivity contribution < 1.29 is 4.79 Å². The van der Waals surface area contributed by atoms with E-state index in [2.05, 4.69) is 11.4 Å². The second-order valence-corrected chi connectivity index (χ2v) is 7.26. The summed E-state index contributed by atoms with van der Waals surface area (Å²) in [7, 11) is 1.83. The molecule has 1 saturated carbocycles. The molecule has 2 aliphatic heterocycles. The number of carbonyl (C=O) groups excluding carboxylic acids is 1. The summed E-state index contributed by atoms with van der Waals surface area (Å²) in [6.07, 6.45) is 3.79. The Morgan fingerprint density at radius 1 is 1.40 bits per heavy atom. The van der Waals surface area contributed by atoms with Crippen molar-refractivity contribution in [3.63, 3.8) is 0 Å². The topological polar surface area (TPSA) is 32.3 Å². The van der Waals surface area contributed by atoms with Crippen molar-refractivity contribution in [1.29, 1.82) is 0 Å². The standard InChI is InChI=1S/C16H19ClN2O/c1-19-7-12-3-10(4-13(17)14(12)15(19)20)2-11-5-16(6-11)8-18-9-16/h3-4,11,18H,2,5-9H2,1H3. The number of fused-ring (bicyclic) bond motifs is 1. The number of hydrogen-bond donors (Lipinski definition) is 1. The van der Waals surface area contributed by atoms with Gasteiger partial charge < -0.3 is 10.2 Å². The highest BCUT2D eigenvalue weighted by atomic mass is 35.5. The Balaban J connectivity index is 1.51. The fourth-order valence-corrected chi connectivity index (χ4v) is 4.48. The molecule has 1 N–H and O–H groups in total. The molecule has 1 aromatic carbocycles. The van der Waals surface area contributed by atoms with Gasteiger partial charge in [0.25, 0.3) is 5.91 Å².